The van der Waals surface area contributed by atoms with E-state index in [0.717, 1.165) is 0 Å². The molecule has 9 heavy (non-hydrogen) atoms. The van der Waals surface area contributed by atoms with Crippen molar-refractivity contribution in [3.63, 3.8) is 0 Å². The molecule has 0 aromatic heterocycles. The Morgan fingerprint density at radius 2 is 1.56 bits per heavy atom. The molecule has 52 valence electrons. The van der Waals surface area contributed by atoms with E-state index in [9.17, 15) is 13.2 Å². The largest absolute Gasteiger partial charge is 0.507 e. The SMILES string of the molecule is O=[S-](=O)OC(F)(F)F.[Zn]. The molecule has 0 atom stereocenters. The normalized spacial score (nSPS) is 11.1. The van der Waals surface area contributed by atoms with Crippen molar-refractivity contribution in [3.8, 4) is 0 Å². The van der Waals surface area contributed by atoms with E-state index in [2.05, 4.69) is 4.18 Å². The van der Waals surface area contributed by atoms with Crippen molar-refractivity contribution >= 4 is 11.0 Å². The zero-order valence-corrected chi connectivity index (χ0v) is 7.76. The fourth-order valence-electron chi connectivity index (χ4n) is 0.0772. The second-order valence-electron chi connectivity index (χ2n) is 0.733. The van der Waals surface area contributed by atoms with E-state index in [1.807, 2.05) is 0 Å². The summed E-state index contributed by atoms with van der Waals surface area (Å²) in [5.74, 6) is 0. The molecule has 0 amide bonds. The summed E-state index contributed by atoms with van der Waals surface area (Å²) in [6.45, 7) is 0. The summed E-state index contributed by atoms with van der Waals surface area (Å²) in [6, 6.07) is 0. The zero-order valence-electron chi connectivity index (χ0n) is 3.97. The van der Waals surface area contributed by atoms with Gasteiger partial charge < -0.3 is 12.6 Å². The molecule has 0 spiro atoms. The fraction of sp³-hybridized carbons (Fsp3) is 1.00. The van der Waals surface area contributed by atoms with Crippen LogP contribution in [0.1, 0.15) is 0 Å². The molecule has 0 aliphatic rings. The molecule has 0 bridgehead atoms. The van der Waals surface area contributed by atoms with Crippen LogP contribution in [0, 0.1) is 0 Å². The number of alkyl halides is 3. The first-order valence-electron chi connectivity index (χ1n) is 1.27. The van der Waals surface area contributed by atoms with Crippen LogP contribution in [0.15, 0.2) is 0 Å². The van der Waals surface area contributed by atoms with Crippen molar-refractivity contribution in [3.05, 3.63) is 0 Å². The maximum Gasteiger partial charge on any atom is 0.507 e. The Labute approximate surface area is 63.1 Å². The minimum atomic E-state index is -5.09. The van der Waals surface area contributed by atoms with Gasteiger partial charge in [-0.15, -0.1) is 13.2 Å². The Bertz CT molecular complexity index is 130. The predicted octanol–water partition coefficient (Wildman–Crippen LogP) is 0.745. The molecule has 0 unspecified atom stereocenters. The second-order valence-corrected chi connectivity index (χ2v) is 1.31. The van der Waals surface area contributed by atoms with Crippen LogP contribution in [0.5, 0.6) is 0 Å². The summed E-state index contributed by atoms with van der Waals surface area (Å²) in [7, 11) is -3.51. The van der Waals surface area contributed by atoms with Gasteiger partial charge in [0.05, 0.1) is 11.0 Å². The van der Waals surface area contributed by atoms with E-state index in [1.54, 1.807) is 0 Å². The van der Waals surface area contributed by atoms with Crippen molar-refractivity contribution in [1.29, 1.82) is 0 Å². The minimum Gasteiger partial charge on any atom is -0.397 e. The van der Waals surface area contributed by atoms with Crippen molar-refractivity contribution in [2.45, 2.75) is 6.36 Å². The minimum absolute atomic E-state index is 0. The van der Waals surface area contributed by atoms with E-state index in [4.69, 9.17) is 8.42 Å². The van der Waals surface area contributed by atoms with Gasteiger partial charge in [0.25, 0.3) is 0 Å². The second kappa shape index (κ2) is 4.19. The van der Waals surface area contributed by atoms with Crippen LogP contribution in [-0.2, 0) is 43.1 Å². The molecule has 0 aromatic rings. The zero-order chi connectivity index (χ0) is 6.78. The molecular formula is CF3O3SZn-. The van der Waals surface area contributed by atoms with Crippen LogP contribution in [-0.4, -0.2) is 6.36 Å². The standard InChI is InChI=1S/CF3O3S.Zn/c2-1(3,4)7-8(5)6;/q-1;. The van der Waals surface area contributed by atoms with Gasteiger partial charge in [0, 0.05) is 19.5 Å². The quantitative estimate of drug-likeness (QED) is 0.478. The Balaban J connectivity index is 0. The maximum atomic E-state index is 10.7. The van der Waals surface area contributed by atoms with Crippen LogP contribution < -0.4 is 0 Å². The molecule has 0 rings (SSSR count). The molecule has 3 nitrogen and oxygen atoms in total. The molecule has 0 aliphatic carbocycles. The van der Waals surface area contributed by atoms with Crippen LogP contribution in [0.3, 0.4) is 0 Å². The van der Waals surface area contributed by atoms with Crippen LogP contribution >= 0.6 is 0 Å². The average Bonchev–Trinajstić information content (AvgIpc) is 1.21. The van der Waals surface area contributed by atoms with E-state index < -0.39 is 17.3 Å². The first-order valence-corrected chi connectivity index (χ1v) is 2.27. The average molecular weight is 214 g/mol. The molecule has 0 aliphatic heterocycles. The summed E-state index contributed by atoms with van der Waals surface area (Å²) in [5.41, 5.74) is 0. The molecule has 0 saturated heterocycles. The van der Waals surface area contributed by atoms with Gasteiger partial charge in [-0.05, 0) is 0 Å². The summed E-state index contributed by atoms with van der Waals surface area (Å²) < 4.78 is 52.6. The van der Waals surface area contributed by atoms with Gasteiger partial charge >= 0.3 is 6.36 Å². The number of hydrogen-bond donors (Lipinski definition) is 0. The van der Waals surface area contributed by atoms with Crippen molar-refractivity contribution in [2.24, 2.45) is 0 Å². The Morgan fingerprint density at radius 1 is 1.22 bits per heavy atom. The Morgan fingerprint density at radius 3 is 1.56 bits per heavy atom. The van der Waals surface area contributed by atoms with Crippen LogP contribution in [0.4, 0.5) is 13.2 Å². The third kappa shape index (κ3) is 11.7. The molecule has 0 heterocycles. The number of halogens is 3. The van der Waals surface area contributed by atoms with Crippen LogP contribution in [0.2, 0.25) is 0 Å². The van der Waals surface area contributed by atoms with E-state index in [0.29, 0.717) is 0 Å². The molecule has 0 fully saturated rings. The molecule has 0 saturated carbocycles. The van der Waals surface area contributed by atoms with Gasteiger partial charge in [0.15, 0.2) is 0 Å². The summed E-state index contributed by atoms with van der Waals surface area (Å²) >= 11 is 0. The van der Waals surface area contributed by atoms with Crippen molar-refractivity contribution in [1.82, 2.24) is 0 Å². The topological polar surface area (TPSA) is 43.4 Å². The molecule has 0 aromatic carbocycles. The Hall–Kier alpha value is 0.323. The monoisotopic (exact) mass is 213 g/mol. The van der Waals surface area contributed by atoms with Gasteiger partial charge in [0.1, 0.15) is 0 Å². The summed E-state index contributed by atoms with van der Waals surface area (Å²) in [6.07, 6.45) is -5.09. The fourth-order valence-corrected chi connectivity index (χ4v) is 0.231. The molecular weight excluding hydrogens is 214 g/mol. The maximum absolute atomic E-state index is 10.7. The van der Waals surface area contributed by atoms with E-state index >= 15 is 0 Å². The molecule has 8 heteroatoms. The van der Waals surface area contributed by atoms with Gasteiger partial charge in [-0.2, -0.15) is 0 Å². The van der Waals surface area contributed by atoms with Gasteiger partial charge in [0.2, 0.25) is 0 Å². The third-order valence-corrected chi connectivity index (χ3v) is 0.488. The van der Waals surface area contributed by atoms with E-state index in [1.165, 1.54) is 0 Å². The Kier molecular flexibility index (Phi) is 5.61. The smallest absolute Gasteiger partial charge is 0.397 e. The third-order valence-electron chi connectivity index (χ3n) is 0.163. The number of rotatable bonds is 1. The van der Waals surface area contributed by atoms with E-state index in [-0.39, 0.29) is 19.5 Å². The first kappa shape index (κ1) is 12.0. The predicted molar refractivity (Wildman–Crippen MR) is 15.9 cm³/mol. The summed E-state index contributed by atoms with van der Waals surface area (Å²) in [5, 5.41) is 0. The van der Waals surface area contributed by atoms with Crippen molar-refractivity contribution in [2.75, 3.05) is 0 Å². The van der Waals surface area contributed by atoms with Crippen molar-refractivity contribution < 1.29 is 45.3 Å². The van der Waals surface area contributed by atoms with Gasteiger partial charge in [-0.1, -0.05) is 0 Å². The van der Waals surface area contributed by atoms with Gasteiger partial charge in [-0.25, -0.2) is 0 Å². The molecule has 0 radical (unpaired) electrons. The first-order chi connectivity index (χ1) is 3.42. The number of hydrogen-bond acceptors (Lipinski definition) is 4. The summed E-state index contributed by atoms with van der Waals surface area (Å²) in [4.78, 5) is 0. The van der Waals surface area contributed by atoms with Crippen LogP contribution in [0.25, 0.3) is 0 Å². The van der Waals surface area contributed by atoms with Gasteiger partial charge in [-0.3, -0.25) is 0 Å². The molecule has 0 N–H and O–H groups in total.